The SMILES string of the molecule is N.O.O.O.O.O.O.[O]=[Mo](=[O])([OH])[OH].[O]=[Mo](=[O])([OH])[OH].[O]=[Mo](=[O])([OH])[OH].[O]=[Mo](=[O])([OH])[OH].[O]=[Mo](=[O])([OH])[OH].[O]=[Mo](=[O])([OH])[OH]. The molecular weight excluding hydrogens is 1070 g/mol. The average Bonchev–Trinajstić information content (AvgIpc) is 1.94. The summed E-state index contributed by atoms with van der Waals surface area (Å²) < 4.78 is 192. The van der Waals surface area contributed by atoms with Crippen molar-refractivity contribution in [2.24, 2.45) is 0 Å². The van der Waals surface area contributed by atoms with E-state index < -0.39 is 100 Å². The van der Waals surface area contributed by atoms with Gasteiger partial charge in [-0.2, -0.15) is 0 Å². The normalized spacial score (nSPS) is 9.41. The van der Waals surface area contributed by atoms with Crippen molar-refractivity contribution >= 4 is 0 Å². The Labute approximate surface area is 223 Å². The molecule has 0 aromatic heterocycles. The first-order valence-electron chi connectivity index (χ1n) is 4.19. The van der Waals surface area contributed by atoms with Crippen molar-refractivity contribution in [1.82, 2.24) is 6.15 Å². The maximum atomic E-state index is 8.85. The van der Waals surface area contributed by atoms with E-state index in [0.717, 1.165) is 0 Å². The van der Waals surface area contributed by atoms with Crippen LogP contribution in [-0.4, -0.2) is 78.0 Å². The molecule has 0 radical (unpaired) electrons. The summed E-state index contributed by atoms with van der Waals surface area (Å²) >= 11 is -33.1. The Morgan fingerprint density at radius 3 is 0.216 bits per heavy atom. The summed E-state index contributed by atoms with van der Waals surface area (Å²) in [6.45, 7) is 0. The first kappa shape index (κ1) is 83.2. The summed E-state index contributed by atoms with van der Waals surface area (Å²) in [4.78, 5) is 0. The van der Waals surface area contributed by atoms with Gasteiger partial charge in [-0.05, 0) is 0 Å². The predicted molar refractivity (Wildman–Crippen MR) is 61.6 cm³/mol. The summed E-state index contributed by atoms with van der Waals surface area (Å²) in [5, 5.41) is 0. The molecule has 27 N–H and O–H groups in total. The summed E-state index contributed by atoms with van der Waals surface area (Å²) in [6, 6.07) is 0. The van der Waals surface area contributed by atoms with Gasteiger partial charge in [0.1, 0.15) is 0 Å². The number of hydrogen-bond acceptors (Lipinski definition) is 13. The third kappa shape index (κ3) is 48100. The van der Waals surface area contributed by atoms with Gasteiger partial charge >= 0.3 is 186 Å². The third-order valence-electron chi connectivity index (χ3n) is 0. The molecule has 37 heteroatoms. The van der Waals surface area contributed by atoms with Crippen molar-refractivity contribution in [3.63, 3.8) is 0 Å². The molecule has 0 aromatic rings. The summed E-state index contributed by atoms with van der Waals surface area (Å²) in [5.41, 5.74) is 0. The first-order valence-corrected chi connectivity index (χ1v) is 24.8. The van der Waals surface area contributed by atoms with E-state index in [0.29, 0.717) is 0 Å². The van der Waals surface area contributed by atoms with Crippen LogP contribution in [0.4, 0.5) is 0 Å². The number of hydrogen-bond donors (Lipinski definition) is 13. The van der Waals surface area contributed by atoms with Gasteiger partial charge in [-0.3, -0.25) is 0 Å². The molecule has 0 atom stereocenters. The Kier molecular flexibility index (Phi) is 78.7. The Morgan fingerprint density at radius 1 is 0.216 bits per heavy atom. The fourth-order valence-electron chi connectivity index (χ4n) is 0. The quantitative estimate of drug-likeness (QED) is 0.100. The Balaban J connectivity index is -0.0000000164. The topological polar surface area (TPSA) is 672 Å². The van der Waals surface area contributed by atoms with Gasteiger partial charge in [-0.15, -0.1) is 0 Å². The second kappa shape index (κ2) is 35.0. The minimum atomic E-state index is -5.52. The molecule has 0 aliphatic heterocycles. The fourth-order valence-corrected chi connectivity index (χ4v) is 0. The van der Waals surface area contributed by atoms with Crippen LogP contribution in [0, 0.1) is 0 Å². The molecule has 0 heterocycles. The molecule has 0 unspecified atom stereocenters. The predicted octanol–water partition coefficient (Wildman–Crippen LogP) is -12.9. The van der Waals surface area contributed by atoms with Crippen LogP contribution in [0.5, 0.6) is 0 Å². The van der Waals surface area contributed by atoms with E-state index in [4.69, 9.17) is 85.9 Å². The van der Waals surface area contributed by atoms with Crippen LogP contribution in [-0.2, 0) is 141 Å². The van der Waals surface area contributed by atoms with Crippen molar-refractivity contribution in [2.75, 3.05) is 0 Å². The Hall–Kier alpha value is 0.970. The summed E-state index contributed by atoms with van der Waals surface area (Å²) in [7, 11) is 0. The van der Waals surface area contributed by atoms with Gasteiger partial charge < -0.3 is 39.0 Å². The van der Waals surface area contributed by atoms with Crippen molar-refractivity contribution < 1.29 is 219 Å². The molecular formula is H27Mo6NO30. The molecule has 0 spiro atoms. The van der Waals surface area contributed by atoms with Crippen LogP contribution in [0.25, 0.3) is 0 Å². The zero-order valence-corrected chi connectivity index (χ0v) is 28.5. The average molecular weight is 1100 g/mol. The van der Waals surface area contributed by atoms with E-state index >= 15 is 0 Å². The van der Waals surface area contributed by atoms with Crippen LogP contribution < -0.4 is 6.15 Å². The van der Waals surface area contributed by atoms with E-state index in [1.807, 2.05) is 0 Å². The standard InChI is InChI=1S/6Mo.H3N.18H2O.12O/h;;;;;;1H3;18*1H2;;;;;;;;;;;;/q6*+2;;;;;;;;;;;;;;;;;;;;;;;;;;;;;;;/p-12. The maximum absolute atomic E-state index is 8.85. The van der Waals surface area contributed by atoms with Gasteiger partial charge in [0.05, 0.1) is 0 Å². The monoisotopic (exact) mass is 1110 g/mol. The third-order valence-corrected chi connectivity index (χ3v) is 0. The molecule has 0 aromatic carbocycles. The zero-order valence-electron chi connectivity index (χ0n) is 16.4. The molecule has 0 fully saturated rings. The summed E-state index contributed by atoms with van der Waals surface area (Å²) in [5.74, 6) is 0. The van der Waals surface area contributed by atoms with Gasteiger partial charge in [-0.25, -0.2) is 0 Å². The van der Waals surface area contributed by atoms with Crippen LogP contribution >= 0.6 is 0 Å². The van der Waals surface area contributed by atoms with Crippen LogP contribution in [0.1, 0.15) is 0 Å². The Morgan fingerprint density at radius 2 is 0.216 bits per heavy atom. The molecule has 0 saturated carbocycles. The second-order valence-corrected chi connectivity index (χ2v) is 15.9. The van der Waals surface area contributed by atoms with Gasteiger partial charge in [0.25, 0.3) is 0 Å². The molecule has 31 nitrogen and oxygen atoms in total. The molecule has 0 aliphatic carbocycles. The van der Waals surface area contributed by atoms with E-state index in [1.165, 1.54) is 0 Å². The molecule has 0 aliphatic rings. The minimum absolute atomic E-state index is 0. The van der Waals surface area contributed by atoms with Crippen molar-refractivity contribution in [1.29, 1.82) is 0 Å². The van der Waals surface area contributed by atoms with Crippen molar-refractivity contribution in [3.05, 3.63) is 0 Å². The fraction of sp³-hybridized carbons (Fsp3) is 0. The van der Waals surface area contributed by atoms with Gasteiger partial charge in [-0.1, -0.05) is 0 Å². The van der Waals surface area contributed by atoms with Gasteiger partial charge in [0.15, 0.2) is 0 Å². The van der Waals surface area contributed by atoms with E-state index in [-0.39, 0.29) is 39.0 Å². The Bertz CT molecular complexity index is 762. The van der Waals surface area contributed by atoms with Gasteiger partial charge in [0, 0.05) is 0 Å². The van der Waals surface area contributed by atoms with E-state index in [2.05, 4.69) is 0 Å². The van der Waals surface area contributed by atoms with Crippen LogP contribution in [0.3, 0.4) is 0 Å². The molecule has 0 saturated heterocycles. The van der Waals surface area contributed by atoms with Crippen LogP contribution in [0.2, 0.25) is 0 Å². The van der Waals surface area contributed by atoms with E-state index in [9.17, 15) is 0 Å². The molecule has 0 bridgehead atoms. The molecule has 0 amide bonds. The van der Waals surface area contributed by atoms with Crippen LogP contribution in [0.15, 0.2) is 0 Å². The molecule has 0 rings (SSSR count). The van der Waals surface area contributed by atoms with Gasteiger partial charge in [0.2, 0.25) is 0 Å². The summed E-state index contributed by atoms with van der Waals surface area (Å²) in [6.07, 6.45) is 0. The molecule has 248 valence electrons. The molecule has 37 heavy (non-hydrogen) atoms. The second-order valence-electron chi connectivity index (χ2n) is 2.69. The first-order chi connectivity index (χ1) is 12.0. The van der Waals surface area contributed by atoms with E-state index in [1.54, 1.807) is 0 Å². The number of rotatable bonds is 0. The van der Waals surface area contributed by atoms with Crippen molar-refractivity contribution in [3.8, 4) is 0 Å². The zero-order chi connectivity index (χ0) is 27.0. The van der Waals surface area contributed by atoms with Crippen molar-refractivity contribution in [2.45, 2.75) is 0 Å².